The van der Waals surface area contributed by atoms with Crippen LogP contribution in [0.25, 0.3) is 0 Å². The number of nitrogens with zero attached hydrogens (tertiary/aromatic N) is 1. The van der Waals surface area contributed by atoms with Crippen molar-refractivity contribution in [3.8, 4) is 0 Å². The molecule has 0 aromatic heterocycles. The van der Waals surface area contributed by atoms with Gasteiger partial charge in [-0.25, -0.2) is 0 Å². The third-order valence-corrected chi connectivity index (χ3v) is 2.91. The molecular formula is C11H15N. The summed E-state index contributed by atoms with van der Waals surface area (Å²) in [7, 11) is 2.15. The number of hydrogen-bond donors (Lipinski definition) is 0. The first-order chi connectivity index (χ1) is 5.70. The highest BCUT2D eigenvalue weighted by Crippen LogP contribution is 2.33. The standard InChI is InChI=1S/C11H15N/c1-8-4-5-9(2)11-10(8)6-7-12(11)3/h4-7,10-11H,1-3H3. The highest BCUT2D eigenvalue weighted by atomic mass is 15.1. The number of rotatable bonds is 0. The molecule has 0 aromatic rings. The van der Waals surface area contributed by atoms with Crippen LogP contribution >= 0.6 is 0 Å². The van der Waals surface area contributed by atoms with E-state index in [2.05, 4.69) is 50.2 Å². The predicted octanol–water partition coefficient (Wildman–Crippen LogP) is 2.34. The summed E-state index contributed by atoms with van der Waals surface area (Å²) < 4.78 is 0. The summed E-state index contributed by atoms with van der Waals surface area (Å²) in [6.07, 6.45) is 8.96. The van der Waals surface area contributed by atoms with Crippen molar-refractivity contribution in [1.29, 1.82) is 0 Å². The molecule has 2 unspecified atom stereocenters. The first-order valence-electron chi connectivity index (χ1n) is 4.45. The van der Waals surface area contributed by atoms with Crippen LogP contribution in [-0.4, -0.2) is 18.0 Å². The molecule has 0 saturated carbocycles. The molecule has 0 spiro atoms. The van der Waals surface area contributed by atoms with Gasteiger partial charge in [-0.05, 0) is 20.0 Å². The maximum atomic E-state index is 2.30. The van der Waals surface area contributed by atoms with Gasteiger partial charge in [0, 0.05) is 13.0 Å². The molecule has 0 saturated heterocycles. The van der Waals surface area contributed by atoms with Gasteiger partial charge in [-0.1, -0.05) is 29.4 Å². The van der Waals surface area contributed by atoms with Gasteiger partial charge in [0.1, 0.15) is 0 Å². The summed E-state index contributed by atoms with van der Waals surface area (Å²) in [5.74, 6) is 0.625. The van der Waals surface area contributed by atoms with E-state index in [9.17, 15) is 0 Å². The van der Waals surface area contributed by atoms with Gasteiger partial charge in [-0.3, -0.25) is 0 Å². The molecule has 0 radical (unpaired) electrons. The summed E-state index contributed by atoms with van der Waals surface area (Å²) in [5, 5.41) is 0. The first-order valence-corrected chi connectivity index (χ1v) is 4.45. The molecule has 0 aromatic carbocycles. The van der Waals surface area contributed by atoms with Crippen molar-refractivity contribution in [2.24, 2.45) is 5.92 Å². The molecule has 2 aliphatic rings. The minimum absolute atomic E-state index is 0.593. The van der Waals surface area contributed by atoms with Crippen molar-refractivity contribution in [2.45, 2.75) is 19.9 Å². The van der Waals surface area contributed by atoms with E-state index in [0.717, 1.165) is 0 Å². The molecule has 1 heterocycles. The molecule has 1 nitrogen and oxygen atoms in total. The molecule has 0 N–H and O–H groups in total. The van der Waals surface area contributed by atoms with E-state index in [0.29, 0.717) is 12.0 Å². The van der Waals surface area contributed by atoms with Crippen LogP contribution in [0, 0.1) is 5.92 Å². The van der Waals surface area contributed by atoms with Gasteiger partial charge in [0.25, 0.3) is 0 Å². The number of fused-ring (bicyclic) bond motifs is 1. The Kier molecular flexibility index (Phi) is 1.60. The number of hydrogen-bond acceptors (Lipinski definition) is 1. The topological polar surface area (TPSA) is 3.24 Å². The van der Waals surface area contributed by atoms with Crippen LogP contribution in [0.4, 0.5) is 0 Å². The summed E-state index contributed by atoms with van der Waals surface area (Å²) in [6.45, 7) is 4.42. The lowest BCUT2D eigenvalue weighted by atomic mass is 9.85. The van der Waals surface area contributed by atoms with Crippen molar-refractivity contribution >= 4 is 0 Å². The van der Waals surface area contributed by atoms with E-state index in [-0.39, 0.29) is 0 Å². The van der Waals surface area contributed by atoms with Crippen molar-refractivity contribution in [1.82, 2.24) is 4.90 Å². The fourth-order valence-electron chi connectivity index (χ4n) is 2.16. The molecule has 64 valence electrons. The third kappa shape index (κ3) is 0.927. The Labute approximate surface area is 74.1 Å². The highest BCUT2D eigenvalue weighted by molar-refractivity contribution is 5.35. The van der Waals surface area contributed by atoms with Crippen LogP contribution in [-0.2, 0) is 0 Å². The minimum Gasteiger partial charge on any atom is -0.373 e. The second-order valence-electron chi connectivity index (χ2n) is 3.80. The van der Waals surface area contributed by atoms with E-state index in [4.69, 9.17) is 0 Å². The van der Waals surface area contributed by atoms with E-state index in [1.807, 2.05) is 0 Å². The molecule has 1 aliphatic carbocycles. The molecule has 1 aliphatic heterocycles. The second kappa shape index (κ2) is 2.51. The van der Waals surface area contributed by atoms with Crippen molar-refractivity contribution < 1.29 is 0 Å². The normalized spacial score (nSPS) is 33.1. The molecule has 1 heteroatoms. The van der Waals surface area contributed by atoms with Gasteiger partial charge in [0.2, 0.25) is 0 Å². The molecule has 0 fully saturated rings. The largest absolute Gasteiger partial charge is 0.373 e. The van der Waals surface area contributed by atoms with Crippen molar-refractivity contribution in [2.75, 3.05) is 7.05 Å². The average molecular weight is 161 g/mol. The maximum Gasteiger partial charge on any atom is 0.0594 e. The van der Waals surface area contributed by atoms with Gasteiger partial charge in [0.15, 0.2) is 0 Å². The van der Waals surface area contributed by atoms with Crippen LogP contribution in [0.3, 0.4) is 0 Å². The summed E-state index contributed by atoms with van der Waals surface area (Å²) in [4.78, 5) is 2.30. The van der Waals surface area contributed by atoms with Gasteiger partial charge < -0.3 is 4.90 Å². The van der Waals surface area contributed by atoms with E-state index in [1.165, 1.54) is 11.1 Å². The average Bonchev–Trinajstić information content (AvgIpc) is 2.42. The predicted molar refractivity (Wildman–Crippen MR) is 51.7 cm³/mol. The first kappa shape index (κ1) is 7.66. The summed E-state index contributed by atoms with van der Waals surface area (Å²) in [5.41, 5.74) is 2.95. The lowest BCUT2D eigenvalue weighted by Gasteiger charge is -2.30. The highest BCUT2D eigenvalue weighted by Gasteiger charge is 2.30. The SMILES string of the molecule is CC1=CC=C(C)C2C1C=CN2C. The minimum atomic E-state index is 0.593. The molecule has 0 amide bonds. The van der Waals surface area contributed by atoms with Crippen molar-refractivity contribution in [3.05, 3.63) is 35.6 Å². The lowest BCUT2D eigenvalue weighted by molar-refractivity contribution is 0.356. The Balaban J connectivity index is 2.37. The quantitative estimate of drug-likeness (QED) is 0.527. The second-order valence-corrected chi connectivity index (χ2v) is 3.80. The monoisotopic (exact) mass is 161 g/mol. The summed E-state index contributed by atoms with van der Waals surface area (Å²) in [6, 6.07) is 0.593. The zero-order valence-corrected chi connectivity index (χ0v) is 7.91. The van der Waals surface area contributed by atoms with Crippen LogP contribution < -0.4 is 0 Å². The Morgan fingerprint density at radius 3 is 2.50 bits per heavy atom. The van der Waals surface area contributed by atoms with Gasteiger partial charge in [-0.2, -0.15) is 0 Å². The Bertz CT molecular complexity index is 283. The van der Waals surface area contributed by atoms with Crippen LogP contribution in [0.2, 0.25) is 0 Å². The third-order valence-electron chi connectivity index (χ3n) is 2.91. The van der Waals surface area contributed by atoms with Gasteiger partial charge in [0.05, 0.1) is 6.04 Å². The lowest BCUT2D eigenvalue weighted by Crippen LogP contribution is -2.31. The molecule has 2 atom stereocenters. The maximum absolute atomic E-state index is 2.30. The van der Waals surface area contributed by atoms with Crippen LogP contribution in [0.5, 0.6) is 0 Å². The van der Waals surface area contributed by atoms with E-state index in [1.54, 1.807) is 0 Å². The molecule has 2 rings (SSSR count). The Hall–Kier alpha value is -0.980. The van der Waals surface area contributed by atoms with Crippen LogP contribution in [0.1, 0.15) is 13.8 Å². The van der Waals surface area contributed by atoms with Gasteiger partial charge in [-0.15, -0.1) is 0 Å². The Morgan fingerprint density at radius 2 is 1.83 bits per heavy atom. The zero-order chi connectivity index (χ0) is 8.72. The number of allylic oxidation sites excluding steroid dienone is 2. The zero-order valence-electron chi connectivity index (χ0n) is 7.91. The fourth-order valence-corrected chi connectivity index (χ4v) is 2.16. The van der Waals surface area contributed by atoms with Crippen molar-refractivity contribution in [3.63, 3.8) is 0 Å². The van der Waals surface area contributed by atoms with E-state index >= 15 is 0 Å². The molecule has 12 heavy (non-hydrogen) atoms. The smallest absolute Gasteiger partial charge is 0.0594 e. The Morgan fingerprint density at radius 1 is 1.17 bits per heavy atom. The van der Waals surface area contributed by atoms with Gasteiger partial charge >= 0.3 is 0 Å². The fraction of sp³-hybridized carbons (Fsp3) is 0.455. The molecular weight excluding hydrogens is 146 g/mol. The molecule has 0 bridgehead atoms. The van der Waals surface area contributed by atoms with E-state index < -0.39 is 0 Å². The van der Waals surface area contributed by atoms with Crippen LogP contribution in [0.15, 0.2) is 35.6 Å². The summed E-state index contributed by atoms with van der Waals surface area (Å²) >= 11 is 0. The number of likely N-dealkylation sites (N-methyl/N-ethyl adjacent to an activating group) is 1.